The number of nitrogens with zero attached hydrogens (tertiary/aromatic N) is 2. The van der Waals surface area contributed by atoms with E-state index in [1.54, 1.807) is 12.1 Å². The van der Waals surface area contributed by atoms with Crippen molar-refractivity contribution in [3.05, 3.63) is 54.9 Å². The standard InChI is InChI=1S/C15H15F3N4O2S/c16-15(17,18)25(24,13-6-2-1-3-7-13)21-10-9-20-14(23)22-12-5-4-8-19-11-12/h1-8,11H,9-10H2,(H2,20,22,23). The Hall–Kier alpha value is -2.62. The van der Waals surface area contributed by atoms with E-state index in [0.29, 0.717) is 5.69 Å². The van der Waals surface area contributed by atoms with Crippen LogP contribution in [0.25, 0.3) is 0 Å². The SMILES string of the molecule is O=C(NCCN=S(=O)(c1ccccc1)C(F)(F)F)Nc1cccnc1. The molecule has 2 N–H and O–H groups in total. The molecule has 1 aromatic carbocycles. The lowest BCUT2D eigenvalue weighted by molar-refractivity contribution is -0.0403. The molecule has 10 heteroatoms. The average Bonchev–Trinajstić information content (AvgIpc) is 2.59. The summed E-state index contributed by atoms with van der Waals surface area (Å²) in [7, 11) is -4.60. The van der Waals surface area contributed by atoms with Crippen molar-refractivity contribution in [3.8, 4) is 0 Å². The summed E-state index contributed by atoms with van der Waals surface area (Å²) < 4.78 is 55.2. The van der Waals surface area contributed by atoms with Crippen molar-refractivity contribution in [1.29, 1.82) is 0 Å². The molecule has 0 aliphatic carbocycles. The molecule has 0 saturated heterocycles. The Morgan fingerprint density at radius 2 is 1.88 bits per heavy atom. The van der Waals surface area contributed by atoms with Gasteiger partial charge in [0.25, 0.3) is 0 Å². The molecule has 0 aliphatic heterocycles. The molecule has 1 heterocycles. The number of hydrogen-bond acceptors (Lipinski definition) is 4. The van der Waals surface area contributed by atoms with Crippen LogP contribution in [0.1, 0.15) is 0 Å². The molecule has 1 aromatic heterocycles. The number of aromatic nitrogens is 1. The zero-order chi connectivity index (χ0) is 18.3. The van der Waals surface area contributed by atoms with Gasteiger partial charge in [0.1, 0.15) is 0 Å². The Labute approximate surface area is 142 Å². The number of carbonyl (C=O) groups excluding carboxylic acids is 1. The van der Waals surface area contributed by atoms with Crippen molar-refractivity contribution in [1.82, 2.24) is 10.3 Å². The Morgan fingerprint density at radius 3 is 2.48 bits per heavy atom. The van der Waals surface area contributed by atoms with E-state index in [9.17, 15) is 22.2 Å². The third kappa shape index (κ3) is 4.92. The smallest absolute Gasteiger partial charge is 0.336 e. The van der Waals surface area contributed by atoms with Crippen LogP contribution in [0.5, 0.6) is 0 Å². The third-order valence-corrected chi connectivity index (χ3v) is 5.05. The Bertz CT molecular complexity index is 820. The zero-order valence-electron chi connectivity index (χ0n) is 12.9. The van der Waals surface area contributed by atoms with Gasteiger partial charge >= 0.3 is 11.5 Å². The quantitative estimate of drug-likeness (QED) is 0.791. The van der Waals surface area contributed by atoms with Crippen molar-refractivity contribution < 1.29 is 22.2 Å². The fraction of sp³-hybridized carbons (Fsp3) is 0.200. The minimum Gasteiger partial charge on any atom is -0.336 e. The fourth-order valence-corrected chi connectivity index (χ4v) is 3.28. The van der Waals surface area contributed by atoms with Crippen molar-refractivity contribution in [2.45, 2.75) is 10.4 Å². The number of hydrogen-bond donors (Lipinski definition) is 2. The number of amides is 2. The van der Waals surface area contributed by atoms with E-state index in [1.807, 2.05) is 0 Å². The maximum Gasteiger partial charge on any atom is 0.483 e. The Morgan fingerprint density at radius 1 is 1.16 bits per heavy atom. The highest BCUT2D eigenvalue weighted by atomic mass is 32.2. The van der Waals surface area contributed by atoms with Crippen LogP contribution in [-0.2, 0) is 9.73 Å². The van der Waals surface area contributed by atoms with Crippen molar-refractivity contribution >= 4 is 21.4 Å². The molecule has 0 fully saturated rings. The minimum atomic E-state index is -5.01. The number of benzene rings is 1. The van der Waals surface area contributed by atoms with Crippen LogP contribution in [0.15, 0.2) is 64.1 Å². The molecule has 25 heavy (non-hydrogen) atoms. The van der Waals surface area contributed by atoms with E-state index in [0.717, 1.165) is 12.1 Å². The molecule has 0 bridgehead atoms. The van der Waals surface area contributed by atoms with Gasteiger partial charge in [-0.15, -0.1) is 0 Å². The molecule has 0 radical (unpaired) electrons. The molecule has 2 amide bonds. The molecule has 134 valence electrons. The second-order valence-corrected chi connectivity index (χ2v) is 7.00. The topological polar surface area (TPSA) is 83.5 Å². The second kappa shape index (κ2) is 7.97. The van der Waals surface area contributed by atoms with Crippen LogP contribution >= 0.6 is 0 Å². The van der Waals surface area contributed by atoms with Gasteiger partial charge in [0.15, 0.2) is 9.73 Å². The number of carbonyl (C=O) groups is 1. The van der Waals surface area contributed by atoms with E-state index in [-0.39, 0.29) is 6.54 Å². The summed E-state index contributed by atoms with van der Waals surface area (Å²) in [6, 6.07) is 9.05. The fourth-order valence-electron chi connectivity index (χ4n) is 1.84. The summed E-state index contributed by atoms with van der Waals surface area (Å²) in [6.07, 6.45) is 2.94. The molecular weight excluding hydrogens is 357 g/mol. The summed E-state index contributed by atoms with van der Waals surface area (Å²) in [6.45, 7) is -0.653. The summed E-state index contributed by atoms with van der Waals surface area (Å²) in [5.74, 6) is 0. The molecule has 0 spiro atoms. The van der Waals surface area contributed by atoms with E-state index >= 15 is 0 Å². The Kier molecular flexibility index (Phi) is 5.97. The number of alkyl halides is 3. The van der Waals surface area contributed by atoms with Gasteiger partial charge in [-0.3, -0.25) is 4.98 Å². The van der Waals surface area contributed by atoms with Gasteiger partial charge in [0.05, 0.1) is 23.3 Å². The van der Waals surface area contributed by atoms with Crippen molar-refractivity contribution in [2.75, 3.05) is 18.4 Å². The predicted molar refractivity (Wildman–Crippen MR) is 87.5 cm³/mol. The molecule has 0 saturated carbocycles. The van der Waals surface area contributed by atoms with E-state index in [4.69, 9.17) is 0 Å². The number of pyridine rings is 1. The van der Waals surface area contributed by atoms with Crippen molar-refractivity contribution in [2.24, 2.45) is 4.36 Å². The van der Waals surface area contributed by atoms with Crippen LogP contribution in [0.2, 0.25) is 0 Å². The summed E-state index contributed by atoms with van der Waals surface area (Å²) in [5, 5.41) is 4.80. The second-order valence-electron chi connectivity index (χ2n) is 4.76. The first-order chi connectivity index (χ1) is 11.8. The number of halogens is 3. The zero-order valence-corrected chi connectivity index (χ0v) is 13.7. The van der Waals surface area contributed by atoms with Gasteiger partial charge in [-0.2, -0.15) is 13.2 Å². The lowest BCUT2D eigenvalue weighted by atomic mass is 10.4. The maximum absolute atomic E-state index is 13.2. The highest BCUT2D eigenvalue weighted by Gasteiger charge is 2.44. The van der Waals surface area contributed by atoms with E-state index in [1.165, 1.54) is 30.6 Å². The first kappa shape index (κ1) is 18.7. The van der Waals surface area contributed by atoms with Gasteiger partial charge in [-0.05, 0) is 24.3 Å². The predicted octanol–water partition coefficient (Wildman–Crippen LogP) is 3.25. The largest absolute Gasteiger partial charge is 0.483 e. The number of anilines is 1. The van der Waals surface area contributed by atoms with Crippen LogP contribution in [0, 0.1) is 0 Å². The number of urea groups is 1. The van der Waals surface area contributed by atoms with Gasteiger partial charge in [0.2, 0.25) is 0 Å². The molecular formula is C15H15F3N4O2S. The highest BCUT2D eigenvalue weighted by Crippen LogP contribution is 2.32. The molecule has 0 aliphatic rings. The van der Waals surface area contributed by atoms with Crippen LogP contribution in [-0.4, -0.2) is 33.8 Å². The molecule has 2 aromatic rings. The lowest BCUT2D eigenvalue weighted by Crippen LogP contribution is -2.31. The molecule has 1 atom stereocenters. The van der Waals surface area contributed by atoms with Crippen LogP contribution in [0.4, 0.5) is 23.7 Å². The van der Waals surface area contributed by atoms with Crippen molar-refractivity contribution in [3.63, 3.8) is 0 Å². The molecule has 2 rings (SSSR count). The van der Waals surface area contributed by atoms with Gasteiger partial charge in [-0.25, -0.2) is 13.4 Å². The van der Waals surface area contributed by atoms with Gasteiger partial charge in [0, 0.05) is 12.7 Å². The maximum atomic E-state index is 13.2. The van der Waals surface area contributed by atoms with E-state index < -0.39 is 32.7 Å². The molecule has 1 unspecified atom stereocenters. The summed E-state index contributed by atoms with van der Waals surface area (Å²) in [4.78, 5) is 15.0. The highest BCUT2D eigenvalue weighted by molar-refractivity contribution is 7.94. The van der Waals surface area contributed by atoms with Gasteiger partial charge < -0.3 is 10.6 Å². The van der Waals surface area contributed by atoms with Crippen LogP contribution in [0.3, 0.4) is 0 Å². The normalized spacial score (nSPS) is 13.6. The first-order valence-electron chi connectivity index (χ1n) is 7.12. The summed E-state index contributed by atoms with van der Waals surface area (Å²) >= 11 is 0. The lowest BCUT2D eigenvalue weighted by Gasteiger charge is -2.14. The number of nitrogens with one attached hydrogen (secondary N) is 2. The molecule has 6 nitrogen and oxygen atoms in total. The summed E-state index contributed by atoms with van der Waals surface area (Å²) in [5.41, 5.74) is -4.58. The van der Waals surface area contributed by atoms with Crippen LogP contribution < -0.4 is 10.6 Å². The van der Waals surface area contributed by atoms with Gasteiger partial charge in [-0.1, -0.05) is 18.2 Å². The van der Waals surface area contributed by atoms with E-state index in [2.05, 4.69) is 20.0 Å². The number of rotatable bonds is 5. The average molecular weight is 372 g/mol. The third-order valence-electron chi connectivity index (χ3n) is 2.97. The monoisotopic (exact) mass is 372 g/mol. The Balaban J connectivity index is 2.01. The minimum absolute atomic E-state index is 0.202. The first-order valence-corrected chi connectivity index (χ1v) is 8.63.